The van der Waals surface area contributed by atoms with Gasteiger partial charge in [-0.25, -0.2) is 0 Å². The summed E-state index contributed by atoms with van der Waals surface area (Å²) in [6.45, 7) is 2.28. The second-order valence-electron chi connectivity index (χ2n) is 5.13. The van der Waals surface area contributed by atoms with Crippen LogP contribution in [0.15, 0.2) is 42.5 Å². The predicted molar refractivity (Wildman–Crippen MR) is 98.1 cm³/mol. The maximum atomic E-state index is 12.1. The highest BCUT2D eigenvalue weighted by Gasteiger charge is 2.16. The van der Waals surface area contributed by atoms with E-state index in [2.05, 4.69) is 5.32 Å². The number of ether oxygens (including phenoxy) is 3. The number of hydrogen-bond donors (Lipinski definition) is 1. The lowest BCUT2D eigenvalue weighted by molar-refractivity contribution is -0.127. The number of nitrogens with one attached hydrogen (secondary N) is 1. The van der Waals surface area contributed by atoms with Crippen LogP contribution in [0.3, 0.4) is 0 Å². The average molecular weight is 384 g/mol. The first-order valence-corrected chi connectivity index (χ1v) is 8.42. The molecule has 2 rings (SSSR count). The molecule has 0 aromatic heterocycles. The van der Waals surface area contributed by atoms with E-state index in [1.54, 1.807) is 44.4 Å². The van der Waals surface area contributed by atoms with Crippen molar-refractivity contribution in [2.24, 2.45) is 0 Å². The van der Waals surface area contributed by atoms with Gasteiger partial charge in [-0.1, -0.05) is 35.3 Å². The van der Waals surface area contributed by atoms with Crippen molar-refractivity contribution in [1.82, 2.24) is 5.32 Å². The molecule has 1 N–H and O–H groups in total. The zero-order valence-electron chi connectivity index (χ0n) is 13.9. The van der Waals surface area contributed by atoms with E-state index in [-0.39, 0.29) is 5.91 Å². The molecular weight excluding hydrogens is 365 g/mol. The summed E-state index contributed by atoms with van der Waals surface area (Å²) in [6.07, 6.45) is -0.704. The summed E-state index contributed by atoms with van der Waals surface area (Å²) in [5.74, 6) is 1.40. The number of methoxy groups -OCH3 is 1. The fourth-order valence-electron chi connectivity index (χ4n) is 2.03. The largest absolute Gasteiger partial charge is 0.493 e. The molecule has 0 spiro atoms. The van der Waals surface area contributed by atoms with Crippen LogP contribution in [-0.4, -0.2) is 32.3 Å². The van der Waals surface area contributed by atoms with E-state index < -0.39 is 6.10 Å². The van der Waals surface area contributed by atoms with E-state index >= 15 is 0 Å². The molecule has 0 aliphatic carbocycles. The molecule has 5 nitrogen and oxygen atoms in total. The highest BCUT2D eigenvalue weighted by molar-refractivity contribution is 6.35. The predicted octanol–water partition coefficient (Wildman–Crippen LogP) is 3.96. The summed E-state index contributed by atoms with van der Waals surface area (Å²) in [6, 6.07) is 12.1. The zero-order valence-corrected chi connectivity index (χ0v) is 15.4. The molecule has 134 valence electrons. The van der Waals surface area contributed by atoms with Crippen molar-refractivity contribution in [2.75, 3.05) is 20.3 Å². The Balaban J connectivity index is 1.77. The van der Waals surface area contributed by atoms with E-state index in [4.69, 9.17) is 37.4 Å². The van der Waals surface area contributed by atoms with E-state index in [1.165, 1.54) is 0 Å². The Morgan fingerprint density at radius 1 is 1.12 bits per heavy atom. The van der Waals surface area contributed by atoms with Gasteiger partial charge in [-0.3, -0.25) is 4.79 Å². The lowest BCUT2D eigenvalue weighted by Gasteiger charge is -2.16. The molecule has 25 heavy (non-hydrogen) atoms. The molecule has 7 heteroatoms. The second-order valence-corrected chi connectivity index (χ2v) is 5.97. The van der Waals surface area contributed by atoms with E-state index in [0.717, 1.165) is 0 Å². The SMILES string of the molecule is COc1ccccc1OCCNC(=O)[C@@H](C)Oc1ccc(Cl)cc1Cl. The topological polar surface area (TPSA) is 56.8 Å². The Morgan fingerprint density at radius 3 is 2.52 bits per heavy atom. The fourth-order valence-corrected chi connectivity index (χ4v) is 2.48. The summed E-state index contributed by atoms with van der Waals surface area (Å²) in [4.78, 5) is 12.1. The van der Waals surface area contributed by atoms with Crippen molar-refractivity contribution in [3.05, 3.63) is 52.5 Å². The Kier molecular flexibility index (Phi) is 7.22. The van der Waals surface area contributed by atoms with Gasteiger partial charge in [0.05, 0.1) is 18.7 Å². The van der Waals surface area contributed by atoms with Gasteiger partial charge in [0.2, 0.25) is 0 Å². The molecule has 0 saturated heterocycles. The number of halogens is 2. The van der Waals surface area contributed by atoms with Crippen molar-refractivity contribution >= 4 is 29.1 Å². The first-order valence-electron chi connectivity index (χ1n) is 7.66. The molecule has 0 aliphatic rings. The molecule has 0 aliphatic heterocycles. The molecule has 0 heterocycles. The van der Waals surface area contributed by atoms with Crippen LogP contribution in [0.25, 0.3) is 0 Å². The number of hydrogen-bond acceptors (Lipinski definition) is 4. The number of rotatable bonds is 8. The Bertz CT molecular complexity index is 724. The molecule has 1 atom stereocenters. The first kappa shape index (κ1) is 19.2. The van der Waals surface area contributed by atoms with Gasteiger partial charge in [0.1, 0.15) is 12.4 Å². The highest BCUT2D eigenvalue weighted by Crippen LogP contribution is 2.28. The molecule has 0 saturated carbocycles. The molecule has 1 amide bonds. The first-order chi connectivity index (χ1) is 12.0. The van der Waals surface area contributed by atoms with Gasteiger partial charge in [0, 0.05) is 5.02 Å². The highest BCUT2D eigenvalue weighted by atomic mass is 35.5. The maximum absolute atomic E-state index is 12.1. The number of carbonyl (C=O) groups is 1. The van der Waals surface area contributed by atoms with Crippen LogP contribution in [0.5, 0.6) is 17.2 Å². The molecule has 0 fully saturated rings. The minimum atomic E-state index is -0.704. The number of amides is 1. The number of benzene rings is 2. The molecule has 0 unspecified atom stereocenters. The smallest absolute Gasteiger partial charge is 0.260 e. The molecule has 2 aromatic carbocycles. The van der Waals surface area contributed by atoms with E-state index in [0.29, 0.717) is 40.4 Å². The van der Waals surface area contributed by atoms with Crippen LogP contribution < -0.4 is 19.5 Å². The quantitative estimate of drug-likeness (QED) is 0.700. The van der Waals surface area contributed by atoms with Gasteiger partial charge in [-0.2, -0.15) is 0 Å². The van der Waals surface area contributed by atoms with Gasteiger partial charge >= 0.3 is 0 Å². The van der Waals surface area contributed by atoms with E-state index in [9.17, 15) is 4.79 Å². The van der Waals surface area contributed by atoms with Crippen LogP contribution in [0.4, 0.5) is 0 Å². The number of para-hydroxylation sites is 2. The van der Waals surface area contributed by atoms with Gasteiger partial charge in [0.25, 0.3) is 5.91 Å². The molecular formula is C18H19Cl2NO4. The van der Waals surface area contributed by atoms with Crippen molar-refractivity contribution in [1.29, 1.82) is 0 Å². The van der Waals surface area contributed by atoms with Crippen LogP contribution in [0.2, 0.25) is 10.0 Å². The third kappa shape index (κ3) is 5.73. The van der Waals surface area contributed by atoms with Gasteiger partial charge in [-0.05, 0) is 37.3 Å². The van der Waals surface area contributed by atoms with Crippen molar-refractivity contribution in [3.8, 4) is 17.2 Å². The van der Waals surface area contributed by atoms with Crippen LogP contribution in [-0.2, 0) is 4.79 Å². The molecule has 0 radical (unpaired) electrons. The lowest BCUT2D eigenvalue weighted by atomic mass is 10.3. The van der Waals surface area contributed by atoms with Crippen LogP contribution in [0.1, 0.15) is 6.92 Å². The minimum Gasteiger partial charge on any atom is -0.493 e. The minimum absolute atomic E-state index is 0.269. The Hall–Kier alpha value is -2.11. The van der Waals surface area contributed by atoms with Crippen molar-refractivity contribution in [3.63, 3.8) is 0 Å². The molecule has 0 bridgehead atoms. The fraction of sp³-hybridized carbons (Fsp3) is 0.278. The van der Waals surface area contributed by atoms with Crippen LogP contribution >= 0.6 is 23.2 Å². The van der Waals surface area contributed by atoms with Gasteiger partial charge < -0.3 is 19.5 Å². The Labute approximate surface area is 156 Å². The summed E-state index contributed by atoms with van der Waals surface area (Å²) < 4.78 is 16.3. The zero-order chi connectivity index (χ0) is 18.2. The van der Waals surface area contributed by atoms with E-state index in [1.807, 2.05) is 12.1 Å². The van der Waals surface area contributed by atoms with Gasteiger partial charge in [-0.15, -0.1) is 0 Å². The summed E-state index contributed by atoms with van der Waals surface area (Å²) in [7, 11) is 1.57. The monoisotopic (exact) mass is 383 g/mol. The summed E-state index contributed by atoms with van der Waals surface area (Å²) in [5.41, 5.74) is 0. The van der Waals surface area contributed by atoms with Gasteiger partial charge in [0.15, 0.2) is 17.6 Å². The average Bonchev–Trinajstić information content (AvgIpc) is 2.61. The summed E-state index contributed by atoms with van der Waals surface area (Å²) in [5, 5.41) is 3.60. The maximum Gasteiger partial charge on any atom is 0.260 e. The van der Waals surface area contributed by atoms with Crippen molar-refractivity contribution < 1.29 is 19.0 Å². The van der Waals surface area contributed by atoms with Crippen molar-refractivity contribution in [2.45, 2.75) is 13.0 Å². The third-order valence-corrected chi connectivity index (χ3v) is 3.83. The summed E-state index contributed by atoms with van der Waals surface area (Å²) >= 11 is 11.9. The van der Waals surface area contributed by atoms with Crippen LogP contribution in [0, 0.1) is 0 Å². The standard InChI is InChI=1S/C18H19Cl2NO4/c1-12(25-15-8-7-13(19)11-14(15)20)18(22)21-9-10-24-17-6-4-3-5-16(17)23-2/h3-8,11-12H,9-10H2,1-2H3,(H,21,22)/t12-/m1/s1. The third-order valence-electron chi connectivity index (χ3n) is 3.29. The normalized spacial score (nSPS) is 11.5. The molecule has 2 aromatic rings. The number of carbonyl (C=O) groups excluding carboxylic acids is 1. The lowest BCUT2D eigenvalue weighted by Crippen LogP contribution is -2.38. The Morgan fingerprint density at radius 2 is 1.84 bits per heavy atom. The second kappa shape index (κ2) is 9.39.